The zero-order valence-electron chi connectivity index (χ0n) is 16.7. The molecule has 1 aromatic carbocycles. The number of nitrogens with one attached hydrogen (secondary N) is 2. The molecule has 2 aromatic rings. The molecular formula is C20H22F3N3O3S. The van der Waals surface area contributed by atoms with Crippen molar-refractivity contribution < 1.29 is 27.5 Å². The number of pyridine rings is 1. The van der Waals surface area contributed by atoms with Gasteiger partial charge in [0.1, 0.15) is 5.60 Å². The van der Waals surface area contributed by atoms with E-state index in [0.717, 1.165) is 23.8 Å². The van der Waals surface area contributed by atoms with Crippen LogP contribution in [0.5, 0.6) is 0 Å². The monoisotopic (exact) mass is 441 g/mol. The summed E-state index contributed by atoms with van der Waals surface area (Å²) in [6.45, 7) is 4.96. The lowest BCUT2D eigenvalue weighted by Gasteiger charge is -2.21. The molecule has 2 N–H and O–H groups in total. The fraction of sp³-hybridized carbons (Fsp3) is 0.350. The maximum atomic E-state index is 13.1. The Morgan fingerprint density at radius 2 is 1.83 bits per heavy atom. The van der Waals surface area contributed by atoms with Crippen LogP contribution in [-0.2, 0) is 21.5 Å². The third-order valence-corrected chi connectivity index (χ3v) is 4.49. The van der Waals surface area contributed by atoms with Crippen molar-refractivity contribution in [2.75, 3.05) is 16.4 Å². The lowest BCUT2D eigenvalue weighted by molar-refractivity contribution is -0.137. The second-order valence-electron chi connectivity index (χ2n) is 7.29. The average Bonchev–Trinajstić information content (AvgIpc) is 2.61. The van der Waals surface area contributed by atoms with Gasteiger partial charge in [0.15, 0.2) is 0 Å². The predicted molar refractivity (Wildman–Crippen MR) is 110 cm³/mol. The molecule has 0 saturated carbocycles. The lowest BCUT2D eigenvalue weighted by Crippen LogP contribution is -2.27. The largest absolute Gasteiger partial charge is 0.444 e. The molecule has 1 aromatic heterocycles. The first kappa shape index (κ1) is 23.5. The Bertz CT molecular complexity index is 884. The molecule has 0 fully saturated rings. The smallest absolute Gasteiger partial charge is 0.416 e. The average molecular weight is 441 g/mol. The number of halogens is 3. The Morgan fingerprint density at radius 1 is 1.10 bits per heavy atom. The first-order valence-corrected chi connectivity index (χ1v) is 10.1. The van der Waals surface area contributed by atoms with E-state index in [4.69, 9.17) is 4.74 Å². The van der Waals surface area contributed by atoms with Crippen LogP contribution >= 0.6 is 11.8 Å². The van der Waals surface area contributed by atoms with Crippen molar-refractivity contribution in [3.63, 3.8) is 0 Å². The number of hydrogen-bond acceptors (Lipinski definition) is 5. The van der Waals surface area contributed by atoms with E-state index in [1.54, 1.807) is 39.2 Å². The first-order chi connectivity index (χ1) is 13.9. The fourth-order valence-corrected chi connectivity index (χ4v) is 3.04. The second-order valence-corrected chi connectivity index (χ2v) is 8.27. The fourth-order valence-electron chi connectivity index (χ4n) is 2.28. The Labute approximate surface area is 176 Å². The van der Waals surface area contributed by atoms with Crippen LogP contribution in [0.4, 0.5) is 29.3 Å². The summed E-state index contributed by atoms with van der Waals surface area (Å²) < 4.78 is 44.4. The number of amides is 2. The zero-order chi connectivity index (χ0) is 22.4. The van der Waals surface area contributed by atoms with Gasteiger partial charge in [0.25, 0.3) is 0 Å². The van der Waals surface area contributed by atoms with E-state index in [0.29, 0.717) is 5.75 Å². The Hall–Kier alpha value is -2.75. The van der Waals surface area contributed by atoms with E-state index in [2.05, 4.69) is 15.6 Å². The van der Waals surface area contributed by atoms with E-state index in [1.165, 1.54) is 11.8 Å². The number of benzene rings is 1. The Balaban J connectivity index is 2.09. The molecule has 0 saturated heterocycles. The standard InChI is InChI=1S/C20H22F3N3O3S/c1-19(2,3)29-18(28)26-15-7-6-14(20(21,22)23)9-16(15)25-17(27)12-30-11-13-5-4-8-24-10-13/h4-10H,11-12H2,1-3H3,(H,25,27)(H,26,28). The Kier molecular flexibility index (Phi) is 7.71. The third kappa shape index (κ3) is 7.94. The van der Waals surface area contributed by atoms with Gasteiger partial charge in [0.05, 0.1) is 22.7 Å². The molecule has 0 atom stereocenters. The van der Waals surface area contributed by atoms with Gasteiger partial charge in [-0.3, -0.25) is 15.1 Å². The minimum absolute atomic E-state index is 0.00265. The van der Waals surface area contributed by atoms with Gasteiger partial charge in [-0.1, -0.05) is 6.07 Å². The summed E-state index contributed by atoms with van der Waals surface area (Å²) in [7, 11) is 0. The number of thioether (sulfide) groups is 1. The number of alkyl halides is 3. The van der Waals surface area contributed by atoms with E-state index in [9.17, 15) is 22.8 Å². The van der Waals surface area contributed by atoms with Crippen LogP contribution in [0.25, 0.3) is 0 Å². The van der Waals surface area contributed by atoms with Crippen LogP contribution in [0.1, 0.15) is 31.9 Å². The molecule has 0 unspecified atom stereocenters. The van der Waals surface area contributed by atoms with Gasteiger partial charge in [-0.05, 0) is 50.6 Å². The maximum Gasteiger partial charge on any atom is 0.416 e. The molecule has 1 heterocycles. The highest BCUT2D eigenvalue weighted by molar-refractivity contribution is 7.99. The van der Waals surface area contributed by atoms with E-state index < -0.39 is 29.3 Å². The Morgan fingerprint density at radius 3 is 2.43 bits per heavy atom. The van der Waals surface area contributed by atoms with Crippen LogP contribution in [0.3, 0.4) is 0 Å². The number of carbonyl (C=O) groups is 2. The number of anilines is 2. The number of aromatic nitrogens is 1. The van der Waals surface area contributed by atoms with Gasteiger partial charge in [0, 0.05) is 18.1 Å². The van der Waals surface area contributed by atoms with Gasteiger partial charge in [0.2, 0.25) is 5.91 Å². The van der Waals surface area contributed by atoms with Crippen LogP contribution < -0.4 is 10.6 Å². The molecule has 10 heteroatoms. The minimum Gasteiger partial charge on any atom is -0.444 e. The summed E-state index contributed by atoms with van der Waals surface area (Å²) in [5.41, 5.74) is -0.981. The van der Waals surface area contributed by atoms with Gasteiger partial charge in [-0.2, -0.15) is 13.2 Å². The molecule has 0 aliphatic heterocycles. The highest BCUT2D eigenvalue weighted by Crippen LogP contribution is 2.34. The van der Waals surface area contributed by atoms with Crippen LogP contribution in [0.2, 0.25) is 0 Å². The maximum absolute atomic E-state index is 13.1. The van der Waals surface area contributed by atoms with Crippen molar-refractivity contribution in [3.05, 3.63) is 53.9 Å². The second kappa shape index (κ2) is 9.84. The topological polar surface area (TPSA) is 80.3 Å². The molecule has 0 bridgehead atoms. The molecule has 0 aliphatic carbocycles. The van der Waals surface area contributed by atoms with Gasteiger partial charge >= 0.3 is 12.3 Å². The van der Waals surface area contributed by atoms with Crippen LogP contribution in [0, 0.1) is 0 Å². The summed E-state index contributed by atoms with van der Waals surface area (Å²) >= 11 is 1.28. The van der Waals surface area contributed by atoms with Gasteiger partial charge in [-0.25, -0.2) is 4.79 Å². The summed E-state index contributed by atoms with van der Waals surface area (Å²) in [5.74, 6) is 0.0274. The summed E-state index contributed by atoms with van der Waals surface area (Å²) in [6.07, 6.45) is -2.14. The molecule has 30 heavy (non-hydrogen) atoms. The molecule has 6 nitrogen and oxygen atoms in total. The van der Waals surface area contributed by atoms with Crippen molar-refractivity contribution in [2.45, 2.75) is 38.3 Å². The zero-order valence-corrected chi connectivity index (χ0v) is 17.5. The number of ether oxygens (including phenoxy) is 1. The van der Waals surface area contributed by atoms with Gasteiger partial charge < -0.3 is 10.1 Å². The molecule has 0 spiro atoms. The summed E-state index contributed by atoms with van der Waals surface area (Å²) in [6, 6.07) is 6.29. The summed E-state index contributed by atoms with van der Waals surface area (Å²) in [5, 5.41) is 4.81. The molecular weight excluding hydrogens is 419 g/mol. The third-order valence-electron chi connectivity index (χ3n) is 3.48. The molecule has 2 rings (SSSR count). The predicted octanol–water partition coefficient (Wildman–Crippen LogP) is 5.32. The molecule has 0 aliphatic rings. The van der Waals surface area contributed by atoms with Crippen LogP contribution in [0.15, 0.2) is 42.7 Å². The van der Waals surface area contributed by atoms with Crippen LogP contribution in [-0.4, -0.2) is 28.3 Å². The highest BCUT2D eigenvalue weighted by atomic mass is 32.2. The van der Waals surface area contributed by atoms with Crippen molar-refractivity contribution >= 4 is 35.1 Å². The van der Waals surface area contributed by atoms with E-state index >= 15 is 0 Å². The van der Waals surface area contributed by atoms with Crippen molar-refractivity contribution in [3.8, 4) is 0 Å². The van der Waals surface area contributed by atoms with E-state index in [-0.39, 0.29) is 17.1 Å². The summed E-state index contributed by atoms with van der Waals surface area (Å²) in [4.78, 5) is 28.2. The number of rotatable bonds is 6. The molecule has 2 amide bonds. The number of nitrogens with zero attached hydrogens (tertiary/aromatic N) is 1. The highest BCUT2D eigenvalue weighted by Gasteiger charge is 2.31. The minimum atomic E-state index is -4.60. The van der Waals surface area contributed by atoms with Crippen molar-refractivity contribution in [2.24, 2.45) is 0 Å². The van der Waals surface area contributed by atoms with Gasteiger partial charge in [-0.15, -0.1) is 11.8 Å². The number of carbonyl (C=O) groups excluding carboxylic acids is 2. The SMILES string of the molecule is CC(C)(C)OC(=O)Nc1ccc(C(F)(F)F)cc1NC(=O)CSCc1cccnc1. The van der Waals surface area contributed by atoms with Crippen molar-refractivity contribution in [1.82, 2.24) is 4.98 Å². The lowest BCUT2D eigenvalue weighted by atomic mass is 10.1. The number of hydrogen-bond donors (Lipinski definition) is 2. The molecule has 0 radical (unpaired) electrons. The van der Waals surface area contributed by atoms with Crippen molar-refractivity contribution in [1.29, 1.82) is 0 Å². The first-order valence-electron chi connectivity index (χ1n) is 8.92. The van der Waals surface area contributed by atoms with E-state index in [1.807, 2.05) is 6.07 Å². The quantitative estimate of drug-likeness (QED) is 0.634. The normalized spacial score (nSPS) is 11.7. The molecule has 162 valence electrons.